The van der Waals surface area contributed by atoms with Crippen LogP contribution in [0.5, 0.6) is 5.88 Å². The van der Waals surface area contributed by atoms with E-state index in [1.807, 2.05) is 24.3 Å². The summed E-state index contributed by atoms with van der Waals surface area (Å²) in [6.45, 7) is 0. The number of H-pyrrole nitrogens is 1. The van der Waals surface area contributed by atoms with E-state index in [1.54, 1.807) is 18.3 Å². The van der Waals surface area contributed by atoms with E-state index >= 15 is 0 Å². The highest BCUT2D eigenvalue weighted by molar-refractivity contribution is 9.10. The summed E-state index contributed by atoms with van der Waals surface area (Å²) in [7, 11) is 0. The third kappa shape index (κ3) is 2.97. The molecule has 0 amide bonds. The van der Waals surface area contributed by atoms with Gasteiger partial charge in [-0.15, -0.1) is 0 Å². The number of ether oxygens (including phenoxy) is 1. The summed E-state index contributed by atoms with van der Waals surface area (Å²) in [4.78, 5) is 14.3. The highest BCUT2D eigenvalue weighted by atomic mass is 79.9. The van der Waals surface area contributed by atoms with E-state index in [2.05, 4.69) is 20.9 Å². The molecule has 3 nitrogen and oxygen atoms in total. The summed E-state index contributed by atoms with van der Waals surface area (Å²) in [5.41, 5.74) is 0.922. The summed E-state index contributed by atoms with van der Waals surface area (Å²) in [6, 6.07) is 11.1. The zero-order chi connectivity index (χ0) is 11.4. The molecule has 0 spiro atoms. The molecule has 0 fully saturated rings. The summed E-state index contributed by atoms with van der Waals surface area (Å²) in [5, 5.41) is 0. The largest absolute Gasteiger partial charge is 0.409 e. The molecule has 82 valence electrons. The van der Waals surface area contributed by atoms with Crippen molar-refractivity contribution in [1.29, 1.82) is 0 Å². The van der Waals surface area contributed by atoms with Crippen molar-refractivity contribution in [2.24, 2.45) is 0 Å². The molecule has 0 aliphatic heterocycles. The van der Waals surface area contributed by atoms with Crippen LogP contribution in [0.1, 0.15) is 5.56 Å². The number of rotatable bonds is 3. The summed E-state index contributed by atoms with van der Waals surface area (Å²) in [6.07, 6.45) is 1.97. The third-order valence-electron chi connectivity index (χ3n) is 2.03. The van der Waals surface area contributed by atoms with E-state index in [1.165, 1.54) is 0 Å². The Morgan fingerprint density at radius 3 is 2.88 bits per heavy atom. The molecule has 2 aromatic rings. The van der Waals surface area contributed by atoms with E-state index in [0.717, 1.165) is 10.0 Å². The van der Waals surface area contributed by atoms with Crippen molar-refractivity contribution < 1.29 is 9.53 Å². The molecule has 1 aromatic carbocycles. The molecule has 0 aliphatic rings. The molecule has 0 bridgehead atoms. The van der Waals surface area contributed by atoms with Gasteiger partial charge in [0.05, 0.1) is 6.42 Å². The predicted octanol–water partition coefficient (Wildman–Crippen LogP) is 2.93. The van der Waals surface area contributed by atoms with Crippen LogP contribution in [0.2, 0.25) is 0 Å². The molecule has 0 radical (unpaired) electrons. The maximum atomic E-state index is 11.5. The van der Waals surface area contributed by atoms with Gasteiger partial charge in [-0.2, -0.15) is 0 Å². The zero-order valence-corrected chi connectivity index (χ0v) is 10.0. The first kappa shape index (κ1) is 11.0. The fourth-order valence-corrected chi connectivity index (χ4v) is 1.80. The first-order chi connectivity index (χ1) is 7.74. The van der Waals surface area contributed by atoms with Crippen LogP contribution < -0.4 is 4.74 Å². The van der Waals surface area contributed by atoms with Crippen molar-refractivity contribution in [3.05, 3.63) is 52.6 Å². The van der Waals surface area contributed by atoms with Crippen molar-refractivity contribution in [3.8, 4) is 5.88 Å². The Labute approximate surface area is 102 Å². The van der Waals surface area contributed by atoms with Crippen molar-refractivity contribution in [1.82, 2.24) is 4.98 Å². The Hall–Kier alpha value is -1.55. The number of hydrogen-bond donors (Lipinski definition) is 1. The number of aromatic nitrogens is 1. The molecule has 0 saturated carbocycles. The van der Waals surface area contributed by atoms with Gasteiger partial charge in [0, 0.05) is 16.7 Å². The van der Waals surface area contributed by atoms with Crippen molar-refractivity contribution >= 4 is 21.9 Å². The Kier molecular flexibility index (Phi) is 3.41. The van der Waals surface area contributed by atoms with Gasteiger partial charge in [0.1, 0.15) is 0 Å². The van der Waals surface area contributed by atoms with Gasteiger partial charge in [0.2, 0.25) is 5.88 Å². The van der Waals surface area contributed by atoms with Gasteiger partial charge in [-0.3, -0.25) is 4.79 Å². The Morgan fingerprint density at radius 1 is 1.31 bits per heavy atom. The maximum Gasteiger partial charge on any atom is 0.316 e. The van der Waals surface area contributed by atoms with E-state index in [0.29, 0.717) is 5.88 Å². The SMILES string of the molecule is O=C(Cc1cccc(Br)c1)Oc1ccc[nH]1. The van der Waals surface area contributed by atoms with Crippen LogP contribution in [0.3, 0.4) is 0 Å². The summed E-state index contributed by atoms with van der Waals surface area (Å²) >= 11 is 3.35. The molecule has 4 heteroatoms. The second-order valence-electron chi connectivity index (χ2n) is 3.32. The highest BCUT2D eigenvalue weighted by Crippen LogP contribution is 2.13. The first-order valence-corrected chi connectivity index (χ1v) is 5.62. The molecule has 1 N–H and O–H groups in total. The second-order valence-corrected chi connectivity index (χ2v) is 4.23. The molecule has 0 aliphatic carbocycles. The summed E-state index contributed by atoms with van der Waals surface area (Å²) in [5.74, 6) is 0.195. The van der Waals surface area contributed by atoms with E-state index < -0.39 is 0 Å². The lowest BCUT2D eigenvalue weighted by Gasteiger charge is -2.02. The van der Waals surface area contributed by atoms with Crippen LogP contribution >= 0.6 is 15.9 Å². The molecular formula is C12H10BrNO2. The molecule has 0 atom stereocenters. The Morgan fingerprint density at radius 2 is 2.19 bits per heavy atom. The average molecular weight is 280 g/mol. The van der Waals surface area contributed by atoms with Crippen molar-refractivity contribution in [2.75, 3.05) is 0 Å². The highest BCUT2D eigenvalue weighted by Gasteiger charge is 2.06. The van der Waals surface area contributed by atoms with Crippen molar-refractivity contribution in [3.63, 3.8) is 0 Å². The summed E-state index contributed by atoms with van der Waals surface area (Å²) < 4.78 is 6.04. The maximum absolute atomic E-state index is 11.5. The van der Waals surface area contributed by atoms with Gasteiger partial charge in [-0.1, -0.05) is 28.1 Å². The Bertz CT molecular complexity index is 480. The van der Waals surface area contributed by atoms with Gasteiger partial charge in [0.15, 0.2) is 0 Å². The van der Waals surface area contributed by atoms with Crippen LogP contribution in [0.25, 0.3) is 0 Å². The van der Waals surface area contributed by atoms with Gasteiger partial charge < -0.3 is 9.72 Å². The topological polar surface area (TPSA) is 42.1 Å². The average Bonchev–Trinajstić information content (AvgIpc) is 2.70. The number of aromatic amines is 1. The molecule has 1 aromatic heterocycles. The minimum Gasteiger partial charge on any atom is -0.409 e. The van der Waals surface area contributed by atoms with Gasteiger partial charge in [0.25, 0.3) is 0 Å². The van der Waals surface area contributed by atoms with Crippen LogP contribution in [0, 0.1) is 0 Å². The fraction of sp³-hybridized carbons (Fsp3) is 0.0833. The minimum absolute atomic E-state index is 0.262. The van der Waals surface area contributed by atoms with Gasteiger partial charge >= 0.3 is 5.97 Å². The number of hydrogen-bond acceptors (Lipinski definition) is 2. The molecule has 2 rings (SSSR count). The van der Waals surface area contributed by atoms with Gasteiger partial charge in [-0.25, -0.2) is 0 Å². The standard InChI is InChI=1S/C12H10BrNO2/c13-10-4-1-3-9(7-10)8-12(15)16-11-5-2-6-14-11/h1-7,14H,8H2. The first-order valence-electron chi connectivity index (χ1n) is 4.82. The minimum atomic E-state index is -0.277. The van der Waals surface area contributed by atoms with E-state index in [9.17, 15) is 4.79 Å². The number of benzene rings is 1. The van der Waals surface area contributed by atoms with Crippen LogP contribution in [0.15, 0.2) is 47.1 Å². The quantitative estimate of drug-likeness (QED) is 0.878. The molecule has 0 saturated heterocycles. The number of carbonyl (C=O) groups is 1. The van der Waals surface area contributed by atoms with E-state index in [-0.39, 0.29) is 12.4 Å². The number of halogens is 1. The monoisotopic (exact) mass is 279 g/mol. The van der Waals surface area contributed by atoms with Crippen LogP contribution in [-0.2, 0) is 11.2 Å². The van der Waals surface area contributed by atoms with Gasteiger partial charge in [-0.05, 0) is 23.8 Å². The predicted molar refractivity (Wildman–Crippen MR) is 64.3 cm³/mol. The Balaban J connectivity index is 1.97. The zero-order valence-electron chi connectivity index (χ0n) is 8.44. The van der Waals surface area contributed by atoms with E-state index in [4.69, 9.17) is 4.74 Å². The smallest absolute Gasteiger partial charge is 0.316 e. The molecule has 1 heterocycles. The van der Waals surface area contributed by atoms with Crippen LogP contribution in [0.4, 0.5) is 0 Å². The molecular weight excluding hydrogens is 270 g/mol. The molecule has 0 unspecified atom stereocenters. The fourth-order valence-electron chi connectivity index (χ4n) is 1.35. The lowest BCUT2D eigenvalue weighted by Crippen LogP contribution is -2.11. The number of esters is 1. The second kappa shape index (κ2) is 4.99. The van der Waals surface area contributed by atoms with Crippen LogP contribution in [-0.4, -0.2) is 11.0 Å². The normalized spacial score (nSPS) is 10.1. The third-order valence-corrected chi connectivity index (χ3v) is 2.52. The lowest BCUT2D eigenvalue weighted by atomic mass is 10.2. The number of carbonyl (C=O) groups excluding carboxylic acids is 1. The molecule has 16 heavy (non-hydrogen) atoms. The lowest BCUT2D eigenvalue weighted by molar-refractivity contribution is -0.133. The number of nitrogens with one attached hydrogen (secondary N) is 1. The van der Waals surface area contributed by atoms with Crippen molar-refractivity contribution in [2.45, 2.75) is 6.42 Å².